The first-order valence-corrected chi connectivity index (χ1v) is 10.6. The molecule has 3 aromatic carbocycles. The minimum atomic E-state index is -0.211. The first-order chi connectivity index (χ1) is 14.4. The smallest absolute Gasteiger partial charge is 0.255 e. The lowest BCUT2D eigenvalue weighted by molar-refractivity contribution is -0.113. The number of rotatable bonds is 7. The summed E-state index contributed by atoms with van der Waals surface area (Å²) in [4.78, 5) is 25.4. The van der Waals surface area contributed by atoms with Crippen LogP contribution in [0.25, 0.3) is 0 Å². The molecule has 8 heteroatoms. The van der Waals surface area contributed by atoms with Crippen LogP contribution in [0.1, 0.15) is 10.4 Å². The Morgan fingerprint density at radius 2 is 1.63 bits per heavy atom. The third-order valence-corrected chi connectivity index (χ3v) is 5.60. The number of carbonyl (C=O) groups is 2. The first-order valence-electron chi connectivity index (χ1n) is 8.88. The van der Waals surface area contributed by atoms with E-state index in [1.54, 1.807) is 61.7 Å². The molecule has 0 atom stereocenters. The number of halogens is 2. The molecule has 0 aliphatic rings. The molecule has 0 heterocycles. The third kappa shape index (κ3) is 6.16. The van der Waals surface area contributed by atoms with Gasteiger partial charge in [-0.05, 0) is 66.7 Å². The maximum absolute atomic E-state index is 12.3. The third-order valence-electron chi connectivity index (χ3n) is 4.04. The van der Waals surface area contributed by atoms with Crippen molar-refractivity contribution in [2.45, 2.75) is 4.90 Å². The van der Waals surface area contributed by atoms with Crippen LogP contribution in [0.2, 0.25) is 10.0 Å². The summed E-state index contributed by atoms with van der Waals surface area (Å²) in [6.45, 7) is 0. The number of carbonyl (C=O) groups excluding carboxylic acids is 2. The summed E-state index contributed by atoms with van der Waals surface area (Å²) >= 11 is 13.3. The molecule has 0 aliphatic carbocycles. The fraction of sp³-hybridized carbons (Fsp3) is 0.0909. The zero-order valence-corrected chi connectivity index (χ0v) is 18.3. The monoisotopic (exact) mass is 460 g/mol. The Balaban J connectivity index is 1.51. The summed E-state index contributed by atoms with van der Waals surface area (Å²) in [5, 5.41) is 6.49. The van der Waals surface area contributed by atoms with Gasteiger partial charge in [0.2, 0.25) is 5.91 Å². The second-order valence-corrected chi connectivity index (χ2v) is 8.06. The van der Waals surface area contributed by atoms with Gasteiger partial charge in [0.1, 0.15) is 5.75 Å². The molecular weight excluding hydrogens is 443 g/mol. The van der Waals surface area contributed by atoms with Crippen molar-refractivity contribution in [2.75, 3.05) is 23.5 Å². The van der Waals surface area contributed by atoms with Crippen LogP contribution in [0.3, 0.4) is 0 Å². The quantitative estimate of drug-likeness (QED) is 0.425. The van der Waals surface area contributed by atoms with Gasteiger partial charge in [-0.3, -0.25) is 9.59 Å². The predicted molar refractivity (Wildman–Crippen MR) is 123 cm³/mol. The molecule has 154 valence electrons. The summed E-state index contributed by atoms with van der Waals surface area (Å²) in [7, 11) is 1.57. The first kappa shape index (κ1) is 22.0. The number of anilines is 2. The molecule has 0 unspecified atom stereocenters. The highest BCUT2D eigenvalue weighted by Gasteiger charge is 2.09. The Kier molecular flexibility index (Phi) is 7.63. The zero-order chi connectivity index (χ0) is 21.5. The van der Waals surface area contributed by atoms with Crippen molar-refractivity contribution in [3.05, 3.63) is 82.3 Å². The van der Waals surface area contributed by atoms with Gasteiger partial charge in [0.25, 0.3) is 5.91 Å². The molecule has 2 amide bonds. The molecule has 0 bridgehead atoms. The van der Waals surface area contributed by atoms with Crippen LogP contribution in [-0.2, 0) is 4.79 Å². The Labute approximate surface area is 188 Å². The maximum atomic E-state index is 12.3. The van der Waals surface area contributed by atoms with Crippen molar-refractivity contribution in [3.8, 4) is 5.75 Å². The lowest BCUT2D eigenvalue weighted by Gasteiger charge is -2.09. The second kappa shape index (κ2) is 10.4. The summed E-state index contributed by atoms with van der Waals surface area (Å²) < 4.78 is 5.09. The molecule has 3 aromatic rings. The Morgan fingerprint density at radius 3 is 2.27 bits per heavy atom. The number of ether oxygens (including phenoxy) is 1. The molecule has 0 fully saturated rings. The van der Waals surface area contributed by atoms with E-state index < -0.39 is 0 Å². The van der Waals surface area contributed by atoms with Gasteiger partial charge in [0.05, 0.1) is 23.6 Å². The molecule has 0 saturated carbocycles. The van der Waals surface area contributed by atoms with Crippen LogP contribution in [0.5, 0.6) is 5.75 Å². The number of hydrogen-bond acceptors (Lipinski definition) is 4. The number of methoxy groups -OCH3 is 1. The van der Waals surface area contributed by atoms with E-state index >= 15 is 0 Å². The molecule has 0 aliphatic heterocycles. The molecular formula is C22H18Cl2N2O3S. The van der Waals surface area contributed by atoms with Gasteiger partial charge in [0, 0.05) is 21.2 Å². The van der Waals surface area contributed by atoms with Crippen molar-refractivity contribution in [3.63, 3.8) is 0 Å². The van der Waals surface area contributed by atoms with Crippen LogP contribution < -0.4 is 15.4 Å². The number of hydrogen-bond donors (Lipinski definition) is 2. The fourth-order valence-corrected chi connectivity index (χ4v) is 3.66. The summed E-state index contributed by atoms with van der Waals surface area (Å²) in [5.41, 5.74) is 1.72. The van der Waals surface area contributed by atoms with E-state index in [2.05, 4.69) is 10.6 Å². The van der Waals surface area contributed by atoms with E-state index in [-0.39, 0.29) is 17.6 Å². The van der Waals surface area contributed by atoms with E-state index in [0.29, 0.717) is 32.7 Å². The van der Waals surface area contributed by atoms with Crippen LogP contribution in [0, 0.1) is 0 Å². The average Bonchev–Trinajstić information content (AvgIpc) is 2.75. The lowest BCUT2D eigenvalue weighted by Crippen LogP contribution is -2.14. The van der Waals surface area contributed by atoms with Gasteiger partial charge < -0.3 is 15.4 Å². The van der Waals surface area contributed by atoms with E-state index in [0.717, 1.165) is 4.90 Å². The maximum Gasteiger partial charge on any atom is 0.255 e. The highest BCUT2D eigenvalue weighted by molar-refractivity contribution is 8.00. The number of amides is 2. The van der Waals surface area contributed by atoms with Gasteiger partial charge in [0.15, 0.2) is 0 Å². The molecule has 5 nitrogen and oxygen atoms in total. The molecule has 2 N–H and O–H groups in total. The van der Waals surface area contributed by atoms with Crippen molar-refractivity contribution in [1.82, 2.24) is 0 Å². The number of benzene rings is 3. The highest BCUT2D eigenvalue weighted by atomic mass is 35.5. The normalized spacial score (nSPS) is 10.4. The van der Waals surface area contributed by atoms with E-state index in [1.165, 1.54) is 11.8 Å². The topological polar surface area (TPSA) is 67.4 Å². The summed E-state index contributed by atoms with van der Waals surface area (Å²) in [6.07, 6.45) is 0. The van der Waals surface area contributed by atoms with Crippen LogP contribution in [0.4, 0.5) is 11.4 Å². The van der Waals surface area contributed by atoms with Gasteiger partial charge in [-0.25, -0.2) is 0 Å². The Bertz CT molecular complexity index is 1040. The van der Waals surface area contributed by atoms with Crippen molar-refractivity contribution in [1.29, 1.82) is 0 Å². The predicted octanol–water partition coefficient (Wildman–Crippen LogP) is 5.99. The zero-order valence-electron chi connectivity index (χ0n) is 15.9. The van der Waals surface area contributed by atoms with Crippen molar-refractivity contribution >= 4 is 58.2 Å². The molecule has 0 saturated heterocycles. The van der Waals surface area contributed by atoms with Crippen LogP contribution in [-0.4, -0.2) is 24.7 Å². The SMILES string of the molecule is COc1ccc(C(=O)Nc2ccc(SCC(=O)Nc3ccc(Cl)cc3Cl)cc2)cc1. The van der Waals surface area contributed by atoms with Crippen molar-refractivity contribution in [2.24, 2.45) is 0 Å². The Morgan fingerprint density at radius 1 is 0.933 bits per heavy atom. The van der Waals surface area contributed by atoms with E-state index in [4.69, 9.17) is 27.9 Å². The minimum absolute atomic E-state index is 0.180. The van der Waals surface area contributed by atoms with Crippen LogP contribution >= 0.6 is 35.0 Å². The average molecular weight is 461 g/mol. The lowest BCUT2D eigenvalue weighted by atomic mass is 10.2. The molecule has 0 aromatic heterocycles. The largest absolute Gasteiger partial charge is 0.497 e. The number of thioether (sulfide) groups is 1. The van der Waals surface area contributed by atoms with Crippen molar-refractivity contribution < 1.29 is 14.3 Å². The molecule has 30 heavy (non-hydrogen) atoms. The minimum Gasteiger partial charge on any atom is -0.497 e. The second-order valence-electron chi connectivity index (χ2n) is 6.17. The Hall–Kier alpha value is -2.67. The van der Waals surface area contributed by atoms with Gasteiger partial charge in [-0.15, -0.1) is 11.8 Å². The molecule has 0 spiro atoms. The standard InChI is InChI=1S/C22H18Cl2N2O3S/c1-29-17-7-2-14(3-8-17)22(28)25-16-5-9-18(10-6-16)30-13-21(27)26-20-11-4-15(23)12-19(20)24/h2-12H,13H2,1H3,(H,25,28)(H,26,27). The number of nitrogens with one attached hydrogen (secondary N) is 2. The molecule has 3 rings (SSSR count). The van der Waals surface area contributed by atoms with Gasteiger partial charge in [-0.2, -0.15) is 0 Å². The summed E-state index contributed by atoms with van der Waals surface area (Å²) in [6, 6.07) is 19.0. The van der Waals surface area contributed by atoms with Crippen LogP contribution in [0.15, 0.2) is 71.6 Å². The van der Waals surface area contributed by atoms with Gasteiger partial charge >= 0.3 is 0 Å². The van der Waals surface area contributed by atoms with E-state index in [1.807, 2.05) is 12.1 Å². The van der Waals surface area contributed by atoms with E-state index in [9.17, 15) is 9.59 Å². The fourth-order valence-electron chi connectivity index (χ4n) is 2.51. The summed E-state index contributed by atoms with van der Waals surface area (Å²) in [5.74, 6) is 0.518. The molecule has 0 radical (unpaired) electrons. The highest BCUT2D eigenvalue weighted by Crippen LogP contribution is 2.26. The van der Waals surface area contributed by atoms with Gasteiger partial charge in [-0.1, -0.05) is 23.2 Å².